The van der Waals surface area contributed by atoms with Crippen molar-refractivity contribution >= 4 is 11.9 Å². The molecule has 0 saturated heterocycles. The van der Waals surface area contributed by atoms with Crippen LogP contribution in [-0.4, -0.2) is 24.5 Å². The van der Waals surface area contributed by atoms with Crippen molar-refractivity contribution in [1.82, 2.24) is 5.32 Å². The number of carbonyl (C=O) groups is 2. The van der Waals surface area contributed by atoms with E-state index in [-0.39, 0.29) is 11.9 Å². The quantitative estimate of drug-likeness (QED) is 0.769. The zero-order chi connectivity index (χ0) is 14.1. The molecular weight excluding hydrogens is 242 g/mol. The largest absolute Gasteiger partial charge is 0.464 e. The molecule has 19 heavy (non-hydrogen) atoms. The highest BCUT2D eigenvalue weighted by Gasteiger charge is 2.21. The molecule has 0 fully saturated rings. The van der Waals surface area contributed by atoms with Crippen LogP contribution in [0, 0.1) is 0 Å². The lowest BCUT2D eigenvalue weighted by Crippen LogP contribution is -2.41. The van der Waals surface area contributed by atoms with Gasteiger partial charge in [0, 0.05) is 5.56 Å². The first-order valence-electron chi connectivity index (χ1n) is 6.71. The van der Waals surface area contributed by atoms with Crippen molar-refractivity contribution < 1.29 is 14.3 Å². The van der Waals surface area contributed by atoms with Crippen LogP contribution in [-0.2, 0) is 9.53 Å². The van der Waals surface area contributed by atoms with Gasteiger partial charge in [-0.25, -0.2) is 4.79 Å². The van der Waals surface area contributed by atoms with Gasteiger partial charge in [-0.2, -0.15) is 0 Å². The second kappa shape index (κ2) is 8.29. The summed E-state index contributed by atoms with van der Waals surface area (Å²) in [6, 6.07) is 8.30. The average molecular weight is 263 g/mol. The van der Waals surface area contributed by atoms with Crippen LogP contribution < -0.4 is 5.32 Å². The lowest BCUT2D eigenvalue weighted by Gasteiger charge is -2.17. The van der Waals surface area contributed by atoms with Crippen LogP contribution >= 0.6 is 0 Å². The highest BCUT2D eigenvalue weighted by atomic mass is 16.5. The fourth-order valence-electron chi connectivity index (χ4n) is 1.73. The molecule has 0 heterocycles. The topological polar surface area (TPSA) is 55.4 Å². The third-order valence-corrected chi connectivity index (χ3v) is 2.76. The minimum atomic E-state index is -0.562. The number of benzene rings is 1. The van der Waals surface area contributed by atoms with E-state index in [0.717, 1.165) is 12.8 Å². The number of nitrogens with one attached hydrogen (secondary N) is 1. The smallest absolute Gasteiger partial charge is 0.328 e. The maximum Gasteiger partial charge on any atom is 0.328 e. The molecule has 1 unspecified atom stereocenters. The van der Waals surface area contributed by atoms with Crippen molar-refractivity contribution in [3.63, 3.8) is 0 Å². The third-order valence-electron chi connectivity index (χ3n) is 2.76. The van der Waals surface area contributed by atoms with Crippen LogP contribution in [0.15, 0.2) is 30.3 Å². The summed E-state index contributed by atoms with van der Waals surface area (Å²) in [4.78, 5) is 23.8. The molecule has 0 aromatic heterocycles. The van der Waals surface area contributed by atoms with Gasteiger partial charge in [-0.05, 0) is 25.5 Å². The van der Waals surface area contributed by atoms with Gasteiger partial charge in [0.1, 0.15) is 6.04 Å². The Labute approximate surface area is 114 Å². The number of esters is 1. The van der Waals surface area contributed by atoms with Gasteiger partial charge < -0.3 is 10.1 Å². The molecule has 1 amide bonds. The van der Waals surface area contributed by atoms with E-state index in [9.17, 15) is 9.59 Å². The van der Waals surface area contributed by atoms with Crippen molar-refractivity contribution in [1.29, 1.82) is 0 Å². The number of rotatable bonds is 7. The average Bonchev–Trinajstić information content (AvgIpc) is 2.44. The molecule has 104 valence electrons. The van der Waals surface area contributed by atoms with Gasteiger partial charge in [-0.3, -0.25) is 4.79 Å². The standard InChI is InChI=1S/C15H21NO3/c1-3-5-11-13(15(18)19-4-2)16-14(17)12-9-7-6-8-10-12/h6-10,13H,3-5,11H2,1-2H3,(H,16,17). The molecule has 1 aromatic carbocycles. The molecule has 0 aliphatic carbocycles. The zero-order valence-electron chi connectivity index (χ0n) is 11.5. The summed E-state index contributed by atoms with van der Waals surface area (Å²) in [5.74, 6) is -0.602. The molecule has 1 aromatic rings. The Morgan fingerprint density at radius 3 is 2.47 bits per heavy atom. The van der Waals surface area contributed by atoms with Gasteiger partial charge >= 0.3 is 5.97 Å². The van der Waals surface area contributed by atoms with E-state index in [1.807, 2.05) is 13.0 Å². The molecule has 0 radical (unpaired) electrons. The molecule has 1 atom stereocenters. The second-order valence-electron chi connectivity index (χ2n) is 4.29. The maximum atomic E-state index is 12.0. The first-order chi connectivity index (χ1) is 9.19. The van der Waals surface area contributed by atoms with E-state index < -0.39 is 6.04 Å². The SMILES string of the molecule is CCCCC(NC(=O)c1ccccc1)C(=O)OCC. The number of amides is 1. The van der Waals surface area contributed by atoms with Gasteiger partial charge in [-0.15, -0.1) is 0 Å². The van der Waals surface area contributed by atoms with E-state index in [2.05, 4.69) is 5.32 Å². The minimum absolute atomic E-state index is 0.241. The van der Waals surface area contributed by atoms with E-state index in [0.29, 0.717) is 18.6 Å². The first-order valence-corrected chi connectivity index (χ1v) is 6.71. The Bertz CT molecular complexity index is 403. The molecular formula is C15H21NO3. The fraction of sp³-hybridized carbons (Fsp3) is 0.467. The number of carbonyl (C=O) groups excluding carboxylic acids is 2. The van der Waals surface area contributed by atoms with Crippen molar-refractivity contribution in [3.05, 3.63) is 35.9 Å². The Morgan fingerprint density at radius 2 is 1.89 bits per heavy atom. The summed E-state index contributed by atoms with van der Waals surface area (Å²) in [6.45, 7) is 4.12. The maximum absolute atomic E-state index is 12.0. The molecule has 0 aliphatic heterocycles. The Kier molecular flexibility index (Phi) is 6.64. The minimum Gasteiger partial charge on any atom is -0.464 e. The molecule has 0 bridgehead atoms. The first kappa shape index (κ1) is 15.2. The zero-order valence-corrected chi connectivity index (χ0v) is 11.5. The van der Waals surface area contributed by atoms with Gasteiger partial charge in [0.05, 0.1) is 6.61 Å². The molecule has 0 spiro atoms. The van der Waals surface area contributed by atoms with Crippen LogP contribution in [0.25, 0.3) is 0 Å². The van der Waals surface area contributed by atoms with Crippen LogP contribution in [0.3, 0.4) is 0 Å². The van der Waals surface area contributed by atoms with E-state index in [1.165, 1.54) is 0 Å². The molecule has 1 N–H and O–H groups in total. The van der Waals surface area contributed by atoms with E-state index in [1.54, 1.807) is 31.2 Å². The molecule has 4 heteroatoms. The van der Waals surface area contributed by atoms with E-state index >= 15 is 0 Å². The number of ether oxygens (including phenoxy) is 1. The predicted octanol–water partition coefficient (Wildman–Crippen LogP) is 2.54. The van der Waals surface area contributed by atoms with Gasteiger partial charge in [0.15, 0.2) is 0 Å². The summed E-state index contributed by atoms with van der Waals surface area (Å²) in [6.07, 6.45) is 2.45. The van der Waals surface area contributed by atoms with Gasteiger partial charge in [0.25, 0.3) is 5.91 Å². The third kappa shape index (κ3) is 5.12. The Balaban J connectivity index is 2.66. The van der Waals surface area contributed by atoms with Gasteiger partial charge in [0.2, 0.25) is 0 Å². The van der Waals surface area contributed by atoms with E-state index in [4.69, 9.17) is 4.74 Å². The number of hydrogen-bond donors (Lipinski definition) is 1. The summed E-state index contributed by atoms with van der Waals surface area (Å²) in [7, 11) is 0. The van der Waals surface area contributed by atoms with Crippen LogP contribution in [0.1, 0.15) is 43.5 Å². The van der Waals surface area contributed by atoms with Crippen molar-refractivity contribution in [2.75, 3.05) is 6.61 Å². The lowest BCUT2D eigenvalue weighted by atomic mass is 10.1. The van der Waals surface area contributed by atoms with Crippen molar-refractivity contribution in [2.24, 2.45) is 0 Å². The van der Waals surface area contributed by atoms with Crippen LogP contribution in [0.5, 0.6) is 0 Å². The highest BCUT2D eigenvalue weighted by Crippen LogP contribution is 2.05. The van der Waals surface area contributed by atoms with Crippen molar-refractivity contribution in [3.8, 4) is 0 Å². The highest BCUT2D eigenvalue weighted by molar-refractivity contribution is 5.96. The Hall–Kier alpha value is -1.84. The second-order valence-corrected chi connectivity index (χ2v) is 4.29. The number of hydrogen-bond acceptors (Lipinski definition) is 3. The fourth-order valence-corrected chi connectivity index (χ4v) is 1.73. The number of unbranched alkanes of at least 4 members (excludes halogenated alkanes) is 1. The summed E-state index contributed by atoms with van der Waals surface area (Å²) < 4.78 is 4.98. The summed E-state index contributed by atoms with van der Waals surface area (Å²) in [5, 5.41) is 2.74. The molecule has 0 aliphatic rings. The van der Waals surface area contributed by atoms with Crippen LogP contribution in [0.4, 0.5) is 0 Å². The monoisotopic (exact) mass is 263 g/mol. The van der Waals surface area contributed by atoms with Crippen molar-refractivity contribution in [2.45, 2.75) is 39.2 Å². The molecule has 0 saturated carbocycles. The molecule has 4 nitrogen and oxygen atoms in total. The molecule has 1 rings (SSSR count). The summed E-state index contributed by atoms with van der Waals surface area (Å²) >= 11 is 0. The lowest BCUT2D eigenvalue weighted by molar-refractivity contribution is -0.145. The summed E-state index contributed by atoms with van der Waals surface area (Å²) in [5.41, 5.74) is 0.549. The normalized spacial score (nSPS) is 11.7. The van der Waals surface area contributed by atoms with Gasteiger partial charge in [-0.1, -0.05) is 38.0 Å². The van der Waals surface area contributed by atoms with Crippen LogP contribution in [0.2, 0.25) is 0 Å². The Morgan fingerprint density at radius 1 is 1.21 bits per heavy atom. The predicted molar refractivity (Wildman–Crippen MR) is 73.9 cm³/mol.